The van der Waals surface area contributed by atoms with Gasteiger partial charge in [0.1, 0.15) is 5.71 Å². The Morgan fingerprint density at radius 2 is 1.80 bits per heavy atom. The van der Waals surface area contributed by atoms with Crippen molar-refractivity contribution in [2.75, 3.05) is 13.7 Å². The van der Waals surface area contributed by atoms with Gasteiger partial charge >= 0.3 is 13.1 Å². The Morgan fingerprint density at radius 1 is 1.30 bits per heavy atom. The molecule has 0 aromatic rings. The minimum Gasteiger partial charge on any atom is -0.461 e. The van der Waals surface area contributed by atoms with Crippen molar-refractivity contribution in [3.8, 4) is 0 Å². The zero-order valence-corrected chi connectivity index (χ0v) is 13.0. The number of aliphatic imine (C=N–C) groups is 1. The summed E-state index contributed by atoms with van der Waals surface area (Å²) in [5.41, 5.74) is 5.10. The van der Waals surface area contributed by atoms with Gasteiger partial charge in [-0.25, -0.2) is 4.79 Å². The fourth-order valence-electron chi connectivity index (χ4n) is 1.78. The summed E-state index contributed by atoms with van der Waals surface area (Å²) >= 11 is 0. The van der Waals surface area contributed by atoms with Crippen molar-refractivity contribution in [3.05, 3.63) is 11.7 Å². The fraction of sp³-hybridized carbons (Fsp3) is 0.692. The maximum absolute atomic E-state index is 11.9. The van der Waals surface area contributed by atoms with Crippen molar-refractivity contribution in [1.29, 1.82) is 0 Å². The lowest BCUT2D eigenvalue weighted by atomic mass is 9.75. The van der Waals surface area contributed by atoms with E-state index in [4.69, 9.17) is 19.8 Å². The maximum Gasteiger partial charge on any atom is 0.498 e. The fourth-order valence-corrected chi connectivity index (χ4v) is 1.78. The Morgan fingerprint density at radius 3 is 2.15 bits per heavy atom. The second-order valence-electron chi connectivity index (χ2n) is 5.50. The van der Waals surface area contributed by atoms with Gasteiger partial charge in [-0.3, -0.25) is 4.99 Å². The molecule has 0 radical (unpaired) electrons. The lowest BCUT2D eigenvalue weighted by Gasteiger charge is -2.32. The van der Waals surface area contributed by atoms with Crippen molar-refractivity contribution in [3.63, 3.8) is 0 Å². The van der Waals surface area contributed by atoms with E-state index < -0.39 is 24.3 Å². The van der Waals surface area contributed by atoms with E-state index in [1.54, 1.807) is 6.92 Å². The molecule has 0 amide bonds. The van der Waals surface area contributed by atoms with Crippen LogP contribution in [0.5, 0.6) is 0 Å². The second-order valence-corrected chi connectivity index (χ2v) is 5.50. The Kier molecular flexibility index (Phi) is 4.99. The third kappa shape index (κ3) is 3.04. The van der Waals surface area contributed by atoms with E-state index in [0.29, 0.717) is 5.47 Å². The van der Waals surface area contributed by atoms with E-state index in [1.165, 1.54) is 13.2 Å². The highest BCUT2D eigenvalue weighted by atomic mass is 16.7. The molecule has 1 aliphatic heterocycles. The van der Waals surface area contributed by atoms with Gasteiger partial charge in [0.25, 0.3) is 0 Å². The highest BCUT2D eigenvalue weighted by Gasteiger charge is 2.53. The molecule has 20 heavy (non-hydrogen) atoms. The molecule has 0 aromatic carbocycles. The van der Waals surface area contributed by atoms with Crippen molar-refractivity contribution in [2.45, 2.75) is 45.8 Å². The number of rotatable bonds is 4. The van der Waals surface area contributed by atoms with Crippen LogP contribution in [0.15, 0.2) is 16.7 Å². The monoisotopic (exact) mass is 282 g/mol. The smallest absolute Gasteiger partial charge is 0.461 e. The summed E-state index contributed by atoms with van der Waals surface area (Å²) in [4.78, 5) is 15.8. The van der Waals surface area contributed by atoms with Crippen LogP contribution in [0.4, 0.5) is 0 Å². The highest BCUT2D eigenvalue weighted by Crippen LogP contribution is 2.38. The molecule has 0 atom stereocenters. The molecular formula is C13H23BN2O4. The molecule has 0 bridgehead atoms. The Labute approximate surface area is 120 Å². The first-order valence-corrected chi connectivity index (χ1v) is 6.62. The highest BCUT2D eigenvalue weighted by molar-refractivity contribution is 6.69. The van der Waals surface area contributed by atoms with Crippen LogP contribution in [0.25, 0.3) is 0 Å². The second kappa shape index (κ2) is 5.97. The van der Waals surface area contributed by atoms with Gasteiger partial charge in [0.2, 0.25) is 0 Å². The number of hydrogen-bond acceptors (Lipinski definition) is 6. The summed E-state index contributed by atoms with van der Waals surface area (Å²) in [6, 6.07) is 0. The van der Waals surface area contributed by atoms with E-state index in [0.717, 1.165) is 0 Å². The SMILES string of the molecule is CCOC(=O)C(=NC)C(=CN)B1OC(C)(C)C(C)(C)O1. The van der Waals surface area contributed by atoms with Gasteiger partial charge < -0.3 is 19.8 Å². The molecule has 1 saturated heterocycles. The van der Waals surface area contributed by atoms with Gasteiger partial charge in [0.15, 0.2) is 0 Å². The van der Waals surface area contributed by atoms with Crippen LogP contribution in [0.3, 0.4) is 0 Å². The molecule has 0 saturated carbocycles. The Bertz CT molecular complexity index is 428. The molecule has 1 fully saturated rings. The molecule has 2 N–H and O–H groups in total. The van der Waals surface area contributed by atoms with E-state index in [1.807, 2.05) is 27.7 Å². The van der Waals surface area contributed by atoms with E-state index >= 15 is 0 Å². The molecule has 0 aromatic heterocycles. The molecule has 0 aliphatic carbocycles. The van der Waals surface area contributed by atoms with Crippen molar-refractivity contribution < 1.29 is 18.8 Å². The first-order valence-electron chi connectivity index (χ1n) is 6.62. The predicted molar refractivity (Wildman–Crippen MR) is 78.3 cm³/mol. The largest absolute Gasteiger partial charge is 0.498 e. The summed E-state index contributed by atoms with van der Waals surface area (Å²) in [6.45, 7) is 9.69. The van der Waals surface area contributed by atoms with Crippen LogP contribution >= 0.6 is 0 Å². The summed E-state index contributed by atoms with van der Waals surface area (Å²) in [5, 5.41) is 0. The summed E-state index contributed by atoms with van der Waals surface area (Å²) < 4.78 is 16.7. The summed E-state index contributed by atoms with van der Waals surface area (Å²) in [6.07, 6.45) is 1.28. The topological polar surface area (TPSA) is 83.1 Å². The number of carbonyl (C=O) groups excluding carboxylic acids is 1. The van der Waals surface area contributed by atoms with Crippen LogP contribution in [0.2, 0.25) is 0 Å². The molecule has 1 aliphatic rings. The average molecular weight is 282 g/mol. The Hall–Kier alpha value is -1.34. The van der Waals surface area contributed by atoms with Gasteiger partial charge in [-0.15, -0.1) is 0 Å². The van der Waals surface area contributed by atoms with Crippen LogP contribution in [0, 0.1) is 0 Å². The number of carbonyl (C=O) groups is 1. The maximum atomic E-state index is 11.9. The third-order valence-corrected chi connectivity index (χ3v) is 3.65. The molecule has 1 heterocycles. The van der Waals surface area contributed by atoms with Crippen LogP contribution in [0.1, 0.15) is 34.6 Å². The van der Waals surface area contributed by atoms with E-state index in [2.05, 4.69) is 4.99 Å². The van der Waals surface area contributed by atoms with Crippen molar-refractivity contribution >= 4 is 18.8 Å². The van der Waals surface area contributed by atoms with Crippen molar-refractivity contribution in [2.24, 2.45) is 10.7 Å². The summed E-state index contributed by atoms with van der Waals surface area (Å²) in [7, 11) is 0.758. The summed E-state index contributed by atoms with van der Waals surface area (Å²) in [5.74, 6) is -0.540. The van der Waals surface area contributed by atoms with Crippen molar-refractivity contribution in [1.82, 2.24) is 0 Å². The third-order valence-electron chi connectivity index (χ3n) is 3.65. The molecule has 6 nitrogen and oxygen atoms in total. The number of nitrogens with zero attached hydrogens (tertiary/aromatic N) is 1. The molecule has 0 spiro atoms. The quantitative estimate of drug-likeness (QED) is 0.474. The number of hydrogen-bond donors (Lipinski definition) is 1. The van der Waals surface area contributed by atoms with E-state index in [-0.39, 0.29) is 12.3 Å². The zero-order chi connectivity index (χ0) is 15.6. The van der Waals surface area contributed by atoms with Gasteiger partial charge in [-0.2, -0.15) is 0 Å². The zero-order valence-electron chi connectivity index (χ0n) is 13.0. The van der Waals surface area contributed by atoms with Crippen LogP contribution in [-0.2, 0) is 18.8 Å². The number of esters is 1. The van der Waals surface area contributed by atoms with Gasteiger partial charge in [-0.1, -0.05) is 0 Å². The standard InChI is InChI=1S/C13H23BN2O4/c1-7-18-11(17)10(16-6)9(8-15)14-19-12(2,3)13(4,5)20-14/h8H,7,15H2,1-6H3. The predicted octanol–water partition coefficient (Wildman–Crippen LogP) is 1.09. The normalized spacial score (nSPS) is 22.0. The van der Waals surface area contributed by atoms with E-state index in [9.17, 15) is 4.79 Å². The average Bonchev–Trinajstić information content (AvgIpc) is 2.55. The molecular weight excluding hydrogens is 259 g/mol. The van der Waals surface area contributed by atoms with Gasteiger partial charge in [0.05, 0.1) is 17.8 Å². The minimum absolute atomic E-state index is 0.118. The lowest BCUT2D eigenvalue weighted by molar-refractivity contribution is -0.134. The first kappa shape index (κ1) is 16.7. The van der Waals surface area contributed by atoms with Crippen LogP contribution < -0.4 is 5.73 Å². The Balaban J connectivity index is 3.02. The molecule has 1 rings (SSSR count). The lowest BCUT2D eigenvalue weighted by Crippen LogP contribution is -2.41. The molecule has 7 heteroatoms. The molecule has 112 valence electrons. The number of ether oxygens (including phenoxy) is 1. The van der Waals surface area contributed by atoms with Crippen LogP contribution in [-0.4, -0.2) is 43.7 Å². The van der Waals surface area contributed by atoms with Gasteiger partial charge in [0, 0.05) is 12.5 Å². The molecule has 0 unspecified atom stereocenters. The van der Waals surface area contributed by atoms with Gasteiger partial charge in [-0.05, 0) is 40.8 Å². The first-order chi connectivity index (χ1) is 9.20. The minimum atomic E-state index is -0.742. The number of nitrogens with two attached hydrogens (primary N) is 1.